The molecular weight excluding hydrogens is 256 g/mol. The third kappa shape index (κ3) is 3.11. The first kappa shape index (κ1) is 13.1. The molecule has 0 spiro atoms. The van der Waals surface area contributed by atoms with E-state index in [2.05, 4.69) is 5.32 Å². The van der Waals surface area contributed by atoms with Crippen molar-refractivity contribution >= 4 is 23.0 Å². The highest BCUT2D eigenvalue weighted by molar-refractivity contribution is 6.30. The lowest BCUT2D eigenvalue weighted by molar-refractivity contribution is -0.384. The summed E-state index contributed by atoms with van der Waals surface area (Å²) < 4.78 is 5.45. The fraction of sp³-hybridized carbons (Fsp3) is 0.500. The standard InChI is InChI=1S/C12H15ClN2O3/c1-8-6-10(4-5-18-8)14-11-3-2-9(13)7-12(11)15(16)17/h2-3,7-8,10,14H,4-6H2,1H3. The van der Waals surface area contributed by atoms with Gasteiger partial charge in [-0.25, -0.2) is 0 Å². The Morgan fingerprint density at radius 2 is 2.33 bits per heavy atom. The van der Waals surface area contributed by atoms with Gasteiger partial charge in [-0.1, -0.05) is 11.6 Å². The van der Waals surface area contributed by atoms with E-state index in [1.807, 2.05) is 6.92 Å². The van der Waals surface area contributed by atoms with E-state index in [1.54, 1.807) is 12.1 Å². The summed E-state index contributed by atoms with van der Waals surface area (Å²) in [5, 5.41) is 14.5. The molecule has 1 aromatic rings. The molecule has 18 heavy (non-hydrogen) atoms. The third-order valence-corrected chi connectivity index (χ3v) is 3.24. The van der Waals surface area contributed by atoms with Crippen LogP contribution in [0.4, 0.5) is 11.4 Å². The summed E-state index contributed by atoms with van der Waals surface area (Å²) in [5.41, 5.74) is 0.533. The summed E-state index contributed by atoms with van der Waals surface area (Å²) in [5.74, 6) is 0. The summed E-state index contributed by atoms with van der Waals surface area (Å²) in [6.45, 7) is 2.68. The Balaban J connectivity index is 2.15. The first-order valence-corrected chi connectivity index (χ1v) is 6.26. The summed E-state index contributed by atoms with van der Waals surface area (Å²) in [6, 6.07) is 4.88. The van der Waals surface area contributed by atoms with Crippen LogP contribution in [-0.2, 0) is 4.74 Å². The second-order valence-electron chi connectivity index (χ2n) is 4.47. The van der Waals surface area contributed by atoms with Crippen LogP contribution in [-0.4, -0.2) is 23.7 Å². The van der Waals surface area contributed by atoms with Crippen molar-refractivity contribution in [2.75, 3.05) is 11.9 Å². The Morgan fingerprint density at radius 1 is 1.56 bits per heavy atom. The summed E-state index contributed by atoms with van der Waals surface area (Å²) >= 11 is 5.77. The van der Waals surface area contributed by atoms with Gasteiger partial charge in [0.2, 0.25) is 0 Å². The van der Waals surface area contributed by atoms with Crippen LogP contribution in [0, 0.1) is 10.1 Å². The second kappa shape index (κ2) is 5.54. The van der Waals surface area contributed by atoms with Crippen molar-refractivity contribution in [1.29, 1.82) is 0 Å². The number of nitrogens with one attached hydrogen (secondary N) is 1. The zero-order valence-electron chi connectivity index (χ0n) is 10.1. The monoisotopic (exact) mass is 270 g/mol. The molecule has 1 heterocycles. The summed E-state index contributed by atoms with van der Waals surface area (Å²) in [7, 11) is 0. The fourth-order valence-corrected chi connectivity index (χ4v) is 2.29. The number of halogens is 1. The minimum Gasteiger partial charge on any atom is -0.378 e. The van der Waals surface area contributed by atoms with Crippen LogP contribution in [0.3, 0.4) is 0 Å². The predicted octanol–water partition coefficient (Wildman–Crippen LogP) is 3.23. The van der Waals surface area contributed by atoms with Crippen LogP contribution in [0.15, 0.2) is 18.2 Å². The lowest BCUT2D eigenvalue weighted by Gasteiger charge is -2.28. The molecular formula is C12H15ClN2O3. The van der Waals surface area contributed by atoms with E-state index in [0.29, 0.717) is 17.3 Å². The molecule has 0 saturated carbocycles. The molecule has 0 aliphatic carbocycles. The van der Waals surface area contributed by atoms with Crippen molar-refractivity contribution < 1.29 is 9.66 Å². The molecule has 2 atom stereocenters. The number of nitro benzene ring substituents is 1. The van der Waals surface area contributed by atoms with Gasteiger partial charge in [0.05, 0.1) is 11.0 Å². The van der Waals surface area contributed by atoms with Crippen LogP contribution in [0.1, 0.15) is 19.8 Å². The topological polar surface area (TPSA) is 64.4 Å². The highest BCUT2D eigenvalue weighted by atomic mass is 35.5. The molecule has 5 nitrogen and oxygen atoms in total. The molecule has 1 aromatic carbocycles. The quantitative estimate of drug-likeness (QED) is 0.676. The Kier molecular flexibility index (Phi) is 4.04. The SMILES string of the molecule is CC1CC(Nc2ccc(Cl)cc2[N+](=O)[O-])CCO1. The minimum atomic E-state index is -0.420. The first-order valence-electron chi connectivity index (χ1n) is 5.88. The predicted molar refractivity (Wildman–Crippen MR) is 70.2 cm³/mol. The van der Waals surface area contributed by atoms with Gasteiger partial charge in [0.15, 0.2) is 0 Å². The molecule has 0 aromatic heterocycles. The number of benzene rings is 1. The smallest absolute Gasteiger partial charge is 0.293 e. The minimum absolute atomic E-state index is 0.0154. The molecule has 2 rings (SSSR count). The molecule has 0 bridgehead atoms. The molecule has 1 saturated heterocycles. The molecule has 98 valence electrons. The second-order valence-corrected chi connectivity index (χ2v) is 4.90. The fourth-order valence-electron chi connectivity index (χ4n) is 2.13. The van der Waals surface area contributed by atoms with E-state index in [9.17, 15) is 10.1 Å². The van der Waals surface area contributed by atoms with Gasteiger partial charge in [0.1, 0.15) is 5.69 Å². The molecule has 1 aliphatic rings. The average molecular weight is 271 g/mol. The van der Waals surface area contributed by atoms with Gasteiger partial charge in [-0.15, -0.1) is 0 Å². The summed E-state index contributed by atoms with van der Waals surface area (Å²) in [4.78, 5) is 10.5. The third-order valence-electron chi connectivity index (χ3n) is 3.00. The largest absolute Gasteiger partial charge is 0.378 e. The van der Waals surface area contributed by atoms with Gasteiger partial charge in [0, 0.05) is 23.7 Å². The summed E-state index contributed by atoms with van der Waals surface area (Å²) in [6.07, 6.45) is 1.88. The number of hydrogen-bond acceptors (Lipinski definition) is 4. The van der Waals surface area contributed by atoms with Gasteiger partial charge in [-0.3, -0.25) is 10.1 Å². The molecule has 2 unspecified atom stereocenters. The maximum Gasteiger partial charge on any atom is 0.293 e. The highest BCUT2D eigenvalue weighted by Crippen LogP contribution is 2.29. The molecule has 6 heteroatoms. The number of nitrogens with zero attached hydrogens (tertiary/aromatic N) is 1. The van der Waals surface area contributed by atoms with E-state index in [-0.39, 0.29) is 17.8 Å². The molecule has 0 amide bonds. The Labute approximate surface area is 110 Å². The van der Waals surface area contributed by atoms with Crippen LogP contribution >= 0.6 is 11.6 Å². The van der Waals surface area contributed by atoms with E-state index in [4.69, 9.17) is 16.3 Å². The first-order chi connectivity index (χ1) is 8.56. The molecule has 0 radical (unpaired) electrons. The zero-order chi connectivity index (χ0) is 13.1. The average Bonchev–Trinajstić information content (AvgIpc) is 2.31. The zero-order valence-corrected chi connectivity index (χ0v) is 10.8. The maximum absolute atomic E-state index is 11.0. The highest BCUT2D eigenvalue weighted by Gasteiger charge is 2.22. The van der Waals surface area contributed by atoms with Gasteiger partial charge in [0.25, 0.3) is 5.69 Å². The van der Waals surface area contributed by atoms with Gasteiger partial charge in [-0.2, -0.15) is 0 Å². The van der Waals surface area contributed by atoms with Crippen LogP contribution in [0.5, 0.6) is 0 Å². The van der Waals surface area contributed by atoms with Crippen LogP contribution in [0.25, 0.3) is 0 Å². The molecule has 1 fully saturated rings. The van der Waals surface area contributed by atoms with Crippen molar-refractivity contribution in [2.24, 2.45) is 0 Å². The number of hydrogen-bond donors (Lipinski definition) is 1. The van der Waals surface area contributed by atoms with E-state index >= 15 is 0 Å². The van der Waals surface area contributed by atoms with Crippen molar-refractivity contribution in [3.63, 3.8) is 0 Å². The van der Waals surface area contributed by atoms with Crippen molar-refractivity contribution in [2.45, 2.75) is 31.9 Å². The van der Waals surface area contributed by atoms with Gasteiger partial charge >= 0.3 is 0 Å². The number of anilines is 1. The van der Waals surface area contributed by atoms with Crippen molar-refractivity contribution in [3.8, 4) is 0 Å². The Bertz CT molecular complexity index is 453. The normalized spacial score (nSPS) is 23.7. The number of ether oxygens (including phenoxy) is 1. The van der Waals surface area contributed by atoms with Crippen molar-refractivity contribution in [1.82, 2.24) is 0 Å². The van der Waals surface area contributed by atoms with Gasteiger partial charge < -0.3 is 10.1 Å². The number of rotatable bonds is 3. The van der Waals surface area contributed by atoms with Gasteiger partial charge in [-0.05, 0) is 31.9 Å². The lowest BCUT2D eigenvalue weighted by atomic mass is 10.0. The molecule has 1 N–H and O–H groups in total. The van der Waals surface area contributed by atoms with Crippen molar-refractivity contribution in [3.05, 3.63) is 33.3 Å². The Morgan fingerprint density at radius 3 is 3.00 bits per heavy atom. The van der Waals surface area contributed by atoms with E-state index < -0.39 is 4.92 Å². The van der Waals surface area contributed by atoms with Crippen LogP contribution in [0.2, 0.25) is 5.02 Å². The van der Waals surface area contributed by atoms with E-state index in [1.165, 1.54) is 6.07 Å². The van der Waals surface area contributed by atoms with E-state index in [0.717, 1.165) is 12.8 Å². The van der Waals surface area contributed by atoms with Crippen LogP contribution < -0.4 is 5.32 Å². The lowest BCUT2D eigenvalue weighted by Crippen LogP contribution is -2.32. The number of nitro groups is 1. The Hall–Kier alpha value is -1.33. The molecule has 1 aliphatic heterocycles. The maximum atomic E-state index is 11.0.